The Balaban J connectivity index is 1.64. The van der Waals surface area contributed by atoms with E-state index in [-0.39, 0.29) is 24.5 Å². The fourth-order valence-corrected chi connectivity index (χ4v) is 4.60. The zero-order valence-corrected chi connectivity index (χ0v) is 21.0. The fourth-order valence-electron chi connectivity index (χ4n) is 4.41. The van der Waals surface area contributed by atoms with Gasteiger partial charge in [0.05, 0.1) is 24.5 Å². The van der Waals surface area contributed by atoms with E-state index in [1.807, 2.05) is 74.1 Å². The number of halogens is 1. The molecule has 1 N–H and O–H groups in total. The van der Waals surface area contributed by atoms with Gasteiger partial charge in [-0.15, -0.1) is 0 Å². The predicted octanol–water partition coefficient (Wildman–Crippen LogP) is 4.81. The van der Waals surface area contributed by atoms with Gasteiger partial charge in [-0.05, 0) is 50.9 Å². The highest BCUT2D eigenvalue weighted by Gasteiger charge is 2.30. The normalized spacial score (nSPS) is 16.6. The van der Waals surface area contributed by atoms with E-state index in [4.69, 9.17) is 16.6 Å². The molecule has 9 heteroatoms. The van der Waals surface area contributed by atoms with Crippen molar-refractivity contribution in [3.05, 3.63) is 53.4 Å². The van der Waals surface area contributed by atoms with E-state index in [0.717, 1.165) is 42.6 Å². The number of nitrogens with one attached hydrogen (secondary N) is 1. The van der Waals surface area contributed by atoms with Crippen molar-refractivity contribution in [2.75, 3.05) is 37.4 Å². The van der Waals surface area contributed by atoms with Crippen molar-refractivity contribution in [1.29, 1.82) is 0 Å². The number of hydrogen-bond donors (Lipinski definition) is 1. The number of carbonyl (C=O) groups is 1. The van der Waals surface area contributed by atoms with Crippen LogP contribution in [0.5, 0.6) is 0 Å². The zero-order valence-electron chi connectivity index (χ0n) is 20.2. The number of rotatable bonds is 7. The Morgan fingerprint density at radius 2 is 2.09 bits per heavy atom. The standard InChI is InChI=1S/C25H32ClN7O/c1-17(2)33-22(11-12-28-33)29-23(34)16-32-13-6-5-10-21(32)24-20(15-27-25(30-24)31(3)4)18-8-7-9-19(26)14-18/h7-9,11-12,14-15,17,21H,5-6,10,13,16H2,1-4H3,(H,29,34)/t21-/m1/s1. The van der Waals surface area contributed by atoms with Crippen LogP contribution in [0.1, 0.15) is 50.9 Å². The molecule has 3 heterocycles. The summed E-state index contributed by atoms with van der Waals surface area (Å²) in [5.41, 5.74) is 2.85. The lowest BCUT2D eigenvalue weighted by Gasteiger charge is -2.36. The summed E-state index contributed by atoms with van der Waals surface area (Å²) < 4.78 is 1.82. The third-order valence-electron chi connectivity index (χ3n) is 6.04. The van der Waals surface area contributed by atoms with Gasteiger partial charge in [-0.3, -0.25) is 9.69 Å². The van der Waals surface area contributed by atoms with Crippen LogP contribution in [0.25, 0.3) is 11.1 Å². The number of likely N-dealkylation sites (tertiary alicyclic amines) is 1. The van der Waals surface area contributed by atoms with E-state index in [9.17, 15) is 4.79 Å². The Kier molecular flexibility index (Phi) is 7.48. The molecule has 8 nitrogen and oxygen atoms in total. The van der Waals surface area contributed by atoms with E-state index >= 15 is 0 Å². The first-order chi connectivity index (χ1) is 16.3. The largest absolute Gasteiger partial charge is 0.347 e. The molecule has 1 aliphatic rings. The maximum absolute atomic E-state index is 13.1. The minimum atomic E-state index is -0.0551. The van der Waals surface area contributed by atoms with Crippen LogP contribution in [0.4, 0.5) is 11.8 Å². The third-order valence-corrected chi connectivity index (χ3v) is 6.28. The number of nitrogens with zero attached hydrogens (tertiary/aromatic N) is 6. The maximum Gasteiger partial charge on any atom is 0.239 e. The van der Waals surface area contributed by atoms with Gasteiger partial charge >= 0.3 is 0 Å². The molecule has 0 aliphatic carbocycles. The molecule has 34 heavy (non-hydrogen) atoms. The minimum Gasteiger partial charge on any atom is -0.347 e. The second kappa shape index (κ2) is 10.5. The van der Waals surface area contributed by atoms with Crippen LogP contribution in [0.15, 0.2) is 42.7 Å². The lowest BCUT2D eigenvalue weighted by molar-refractivity contribution is -0.118. The second-order valence-electron chi connectivity index (χ2n) is 9.16. The molecule has 4 rings (SSSR count). The van der Waals surface area contributed by atoms with Gasteiger partial charge in [-0.2, -0.15) is 5.10 Å². The average Bonchev–Trinajstić information content (AvgIpc) is 3.27. The molecule has 1 aromatic carbocycles. The molecular formula is C25H32ClN7O. The van der Waals surface area contributed by atoms with Crippen molar-refractivity contribution >= 4 is 29.3 Å². The number of piperidine rings is 1. The van der Waals surface area contributed by atoms with Gasteiger partial charge in [0.1, 0.15) is 5.82 Å². The first-order valence-corrected chi connectivity index (χ1v) is 12.1. The van der Waals surface area contributed by atoms with Crippen LogP contribution < -0.4 is 10.2 Å². The molecule has 0 radical (unpaired) electrons. The summed E-state index contributed by atoms with van der Waals surface area (Å²) in [7, 11) is 3.87. The molecule has 0 saturated carbocycles. The molecule has 1 aliphatic heterocycles. The smallest absolute Gasteiger partial charge is 0.239 e. The number of benzene rings is 1. The Morgan fingerprint density at radius 3 is 2.82 bits per heavy atom. The third kappa shape index (κ3) is 5.39. The van der Waals surface area contributed by atoms with Crippen LogP contribution in [0.2, 0.25) is 5.02 Å². The zero-order chi connectivity index (χ0) is 24.2. The van der Waals surface area contributed by atoms with Gasteiger partial charge in [-0.1, -0.05) is 30.2 Å². The summed E-state index contributed by atoms with van der Waals surface area (Å²) in [6.45, 7) is 5.19. The Bertz CT molecular complexity index is 1140. The Labute approximate surface area is 205 Å². The molecular weight excluding hydrogens is 450 g/mol. The van der Waals surface area contributed by atoms with Gasteiger partial charge in [0, 0.05) is 43.0 Å². The first-order valence-electron chi connectivity index (χ1n) is 11.7. The van der Waals surface area contributed by atoms with E-state index in [1.54, 1.807) is 6.20 Å². The predicted molar refractivity (Wildman–Crippen MR) is 136 cm³/mol. The molecule has 3 aromatic rings. The molecule has 180 valence electrons. The van der Waals surface area contributed by atoms with Crippen LogP contribution in [-0.4, -0.2) is 57.7 Å². The van der Waals surface area contributed by atoms with Gasteiger partial charge in [0.2, 0.25) is 11.9 Å². The highest BCUT2D eigenvalue weighted by atomic mass is 35.5. The summed E-state index contributed by atoms with van der Waals surface area (Å²) >= 11 is 6.30. The highest BCUT2D eigenvalue weighted by molar-refractivity contribution is 6.30. The van der Waals surface area contributed by atoms with E-state index in [0.29, 0.717) is 16.8 Å². The van der Waals surface area contributed by atoms with Crippen LogP contribution in [-0.2, 0) is 4.79 Å². The molecule has 0 bridgehead atoms. The van der Waals surface area contributed by atoms with E-state index < -0.39 is 0 Å². The summed E-state index contributed by atoms with van der Waals surface area (Å²) in [6.07, 6.45) is 6.64. The van der Waals surface area contributed by atoms with Gasteiger partial charge < -0.3 is 10.2 Å². The summed E-state index contributed by atoms with van der Waals surface area (Å²) in [6, 6.07) is 9.76. The first kappa shape index (κ1) is 24.2. The van der Waals surface area contributed by atoms with Gasteiger partial charge in [0.25, 0.3) is 0 Å². The number of aromatic nitrogens is 4. The fraction of sp³-hybridized carbons (Fsp3) is 0.440. The van der Waals surface area contributed by atoms with Gasteiger partial charge in [-0.25, -0.2) is 14.6 Å². The summed E-state index contributed by atoms with van der Waals surface area (Å²) in [4.78, 5) is 26.7. The van der Waals surface area contributed by atoms with E-state index in [2.05, 4.69) is 20.3 Å². The molecule has 0 unspecified atom stereocenters. The molecule has 1 atom stereocenters. The van der Waals surface area contributed by atoms with Crippen molar-refractivity contribution in [3.8, 4) is 11.1 Å². The molecule has 2 aromatic heterocycles. The number of carbonyl (C=O) groups excluding carboxylic acids is 1. The summed E-state index contributed by atoms with van der Waals surface area (Å²) in [5, 5.41) is 8.02. The SMILES string of the molecule is CC(C)n1nccc1NC(=O)CN1CCCC[C@@H]1c1nc(N(C)C)ncc1-c1cccc(Cl)c1. The number of amides is 1. The quantitative estimate of drug-likeness (QED) is 0.522. The monoisotopic (exact) mass is 481 g/mol. The Morgan fingerprint density at radius 1 is 1.26 bits per heavy atom. The van der Waals surface area contributed by atoms with Crippen LogP contribution in [0.3, 0.4) is 0 Å². The second-order valence-corrected chi connectivity index (χ2v) is 9.60. The average molecular weight is 482 g/mol. The minimum absolute atomic E-state index is 0.00481. The molecule has 0 spiro atoms. The summed E-state index contributed by atoms with van der Waals surface area (Å²) in [5.74, 6) is 1.31. The van der Waals surface area contributed by atoms with Crippen molar-refractivity contribution in [1.82, 2.24) is 24.6 Å². The lowest BCUT2D eigenvalue weighted by atomic mass is 9.94. The van der Waals surface area contributed by atoms with Crippen molar-refractivity contribution in [2.45, 2.75) is 45.2 Å². The topological polar surface area (TPSA) is 79.2 Å². The molecule has 1 fully saturated rings. The van der Waals surface area contributed by atoms with Crippen molar-refractivity contribution < 1.29 is 4.79 Å². The van der Waals surface area contributed by atoms with Gasteiger partial charge in [0.15, 0.2) is 0 Å². The van der Waals surface area contributed by atoms with E-state index in [1.165, 1.54) is 0 Å². The molecule has 1 amide bonds. The van der Waals surface area contributed by atoms with Crippen LogP contribution >= 0.6 is 11.6 Å². The molecule has 1 saturated heterocycles. The highest BCUT2D eigenvalue weighted by Crippen LogP contribution is 2.36. The van der Waals surface area contributed by atoms with Crippen molar-refractivity contribution in [3.63, 3.8) is 0 Å². The number of anilines is 2. The Hall–Kier alpha value is -2.97. The number of hydrogen-bond acceptors (Lipinski definition) is 6. The maximum atomic E-state index is 13.1. The lowest BCUT2D eigenvalue weighted by Crippen LogP contribution is -2.40. The van der Waals surface area contributed by atoms with Crippen LogP contribution in [0, 0.1) is 0 Å². The van der Waals surface area contributed by atoms with Crippen molar-refractivity contribution in [2.24, 2.45) is 0 Å².